The predicted octanol–water partition coefficient (Wildman–Crippen LogP) is 1.85. The Bertz CT molecular complexity index is 474. The van der Waals surface area contributed by atoms with Gasteiger partial charge in [0.05, 0.1) is 0 Å². The fourth-order valence-corrected chi connectivity index (χ4v) is 2.12. The highest BCUT2D eigenvalue weighted by Gasteiger charge is 2.13. The van der Waals surface area contributed by atoms with Crippen LogP contribution >= 0.6 is 0 Å². The standard InChI is InChI=1S/C12H15N3O/c1-2-11-12(16-8-15-11)5-10(1)14-7-9-3-4-13-6-9/h1-2,5,8-9,13-14H,3-4,6-7H2. The van der Waals surface area contributed by atoms with E-state index in [1.54, 1.807) is 0 Å². The molecule has 4 heteroatoms. The van der Waals surface area contributed by atoms with Crippen LogP contribution in [0.1, 0.15) is 6.42 Å². The third-order valence-corrected chi connectivity index (χ3v) is 3.09. The van der Waals surface area contributed by atoms with E-state index >= 15 is 0 Å². The van der Waals surface area contributed by atoms with Gasteiger partial charge in [-0.2, -0.15) is 0 Å². The number of fused-ring (bicyclic) bond motifs is 1. The van der Waals surface area contributed by atoms with Gasteiger partial charge in [-0.15, -0.1) is 0 Å². The molecule has 84 valence electrons. The summed E-state index contributed by atoms with van der Waals surface area (Å²) in [5.74, 6) is 0.741. The molecule has 3 rings (SSSR count). The average molecular weight is 217 g/mol. The van der Waals surface area contributed by atoms with Crippen LogP contribution in [-0.4, -0.2) is 24.6 Å². The van der Waals surface area contributed by atoms with E-state index in [0.29, 0.717) is 0 Å². The van der Waals surface area contributed by atoms with Crippen LogP contribution in [0.5, 0.6) is 0 Å². The van der Waals surface area contributed by atoms with E-state index < -0.39 is 0 Å². The number of hydrogen-bond donors (Lipinski definition) is 2. The van der Waals surface area contributed by atoms with Crippen molar-refractivity contribution in [3.8, 4) is 0 Å². The Morgan fingerprint density at radius 2 is 2.50 bits per heavy atom. The smallest absolute Gasteiger partial charge is 0.181 e. The van der Waals surface area contributed by atoms with Gasteiger partial charge in [-0.05, 0) is 37.6 Å². The molecule has 1 aromatic carbocycles. The number of anilines is 1. The van der Waals surface area contributed by atoms with Crippen LogP contribution in [0.4, 0.5) is 5.69 Å². The number of nitrogens with one attached hydrogen (secondary N) is 2. The van der Waals surface area contributed by atoms with Gasteiger partial charge in [-0.3, -0.25) is 0 Å². The highest BCUT2D eigenvalue weighted by molar-refractivity contribution is 5.76. The molecule has 1 unspecified atom stereocenters. The summed E-state index contributed by atoms with van der Waals surface area (Å²) in [5.41, 5.74) is 2.86. The summed E-state index contributed by atoms with van der Waals surface area (Å²) in [6, 6.07) is 6.03. The third-order valence-electron chi connectivity index (χ3n) is 3.09. The first-order chi connectivity index (χ1) is 7.92. The summed E-state index contributed by atoms with van der Waals surface area (Å²) >= 11 is 0. The Labute approximate surface area is 94.0 Å². The summed E-state index contributed by atoms with van der Waals surface area (Å²) in [6.07, 6.45) is 2.74. The molecule has 0 bridgehead atoms. The van der Waals surface area contributed by atoms with Crippen molar-refractivity contribution < 1.29 is 4.42 Å². The maximum Gasteiger partial charge on any atom is 0.181 e. The number of hydrogen-bond acceptors (Lipinski definition) is 4. The fraction of sp³-hybridized carbons (Fsp3) is 0.417. The zero-order chi connectivity index (χ0) is 10.8. The first kappa shape index (κ1) is 9.66. The van der Waals surface area contributed by atoms with E-state index in [1.807, 2.05) is 18.2 Å². The molecular weight excluding hydrogens is 202 g/mol. The summed E-state index contributed by atoms with van der Waals surface area (Å²) in [6.45, 7) is 3.29. The maximum atomic E-state index is 5.27. The number of nitrogens with zero attached hydrogens (tertiary/aromatic N) is 1. The zero-order valence-corrected chi connectivity index (χ0v) is 9.07. The molecule has 2 aromatic rings. The van der Waals surface area contributed by atoms with Gasteiger partial charge in [0.25, 0.3) is 0 Å². The van der Waals surface area contributed by atoms with Gasteiger partial charge in [0.2, 0.25) is 0 Å². The maximum absolute atomic E-state index is 5.27. The number of oxazole rings is 1. The van der Waals surface area contributed by atoms with Crippen LogP contribution in [0.3, 0.4) is 0 Å². The number of benzene rings is 1. The predicted molar refractivity (Wildman–Crippen MR) is 63.5 cm³/mol. The molecule has 1 aliphatic rings. The molecule has 1 saturated heterocycles. The molecule has 1 aliphatic heterocycles. The Balaban J connectivity index is 1.68. The van der Waals surface area contributed by atoms with Gasteiger partial charge >= 0.3 is 0 Å². The molecule has 1 atom stereocenters. The van der Waals surface area contributed by atoms with Gasteiger partial charge in [-0.25, -0.2) is 4.98 Å². The van der Waals surface area contributed by atoms with Crippen molar-refractivity contribution in [1.82, 2.24) is 10.3 Å². The Morgan fingerprint density at radius 1 is 1.50 bits per heavy atom. The summed E-state index contributed by atoms with van der Waals surface area (Å²) in [4.78, 5) is 4.09. The van der Waals surface area contributed by atoms with Gasteiger partial charge in [-0.1, -0.05) is 0 Å². The third kappa shape index (κ3) is 1.88. The lowest BCUT2D eigenvalue weighted by Crippen LogP contribution is -2.17. The molecular formula is C12H15N3O. The van der Waals surface area contributed by atoms with E-state index in [4.69, 9.17) is 4.42 Å². The van der Waals surface area contributed by atoms with Crippen LogP contribution < -0.4 is 10.6 Å². The highest BCUT2D eigenvalue weighted by atomic mass is 16.3. The van der Waals surface area contributed by atoms with Gasteiger partial charge < -0.3 is 15.1 Å². The number of rotatable bonds is 3. The second kappa shape index (κ2) is 4.14. The van der Waals surface area contributed by atoms with E-state index in [2.05, 4.69) is 15.6 Å². The van der Waals surface area contributed by atoms with Crippen LogP contribution in [0.2, 0.25) is 0 Å². The first-order valence-electron chi connectivity index (χ1n) is 5.70. The molecule has 16 heavy (non-hydrogen) atoms. The second-order valence-electron chi connectivity index (χ2n) is 4.27. The Hall–Kier alpha value is -1.55. The summed E-state index contributed by atoms with van der Waals surface area (Å²) < 4.78 is 5.27. The van der Waals surface area contributed by atoms with Crippen LogP contribution in [0, 0.1) is 5.92 Å². The van der Waals surface area contributed by atoms with Crippen LogP contribution in [0.15, 0.2) is 29.0 Å². The molecule has 0 saturated carbocycles. The molecule has 0 amide bonds. The largest absolute Gasteiger partial charge is 0.443 e. The van der Waals surface area contributed by atoms with Crippen molar-refractivity contribution in [2.75, 3.05) is 25.0 Å². The van der Waals surface area contributed by atoms with E-state index in [0.717, 1.165) is 42.3 Å². The first-order valence-corrected chi connectivity index (χ1v) is 5.70. The monoisotopic (exact) mass is 217 g/mol. The van der Waals surface area contributed by atoms with E-state index in [1.165, 1.54) is 12.8 Å². The van der Waals surface area contributed by atoms with E-state index in [-0.39, 0.29) is 0 Å². The minimum atomic E-state index is 0.741. The topological polar surface area (TPSA) is 50.1 Å². The fourth-order valence-electron chi connectivity index (χ4n) is 2.12. The molecule has 1 aromatic heterocycles. The van der Waals surface area contributed by atoms with E-state index in [9.17, 15) is 0 Å². The highest BCUT2D eigenvalue weighted by Crippen LogP contribution is 2.18. The molecule has 0 spiro atoms. The summed E-state index contributed by atoms with van der Waals surface area (Å²) in [5, 5.41) is 6.81. The van der Waals surface area contributed by atoms with Gasteiger partial charge in [0.15, 0.2) is 12.0 Å². The Kier molecular flexibility index (Phi) is 2.50. The summed E-state index contributed by atoms with van der Waals surface area (Å²) in [7, 11) is 0. The van der Waals surface area contributed by atoms with Crippen molar-refractivity contribution >= 4 is 16.8 Å². The molecule has 2 heterocycles. The lowest BCUT2D eigenvalue weighted by molar-refractivity contribution is 0.601. The SMILES string of the molecule is c1nc2ccc(NCC3CCNC3)cc2o1. The van der Waals surface area contributed by atoms with Crippen molar-refractivity contribution in [2.45, 2.75) is 6.42 Å². The zero-order valence-electron chi connectivity index (χ0n) is 9.07. The van der Waals surface area contributed by atoms with Crippen molar-refractivity contribution in [3.05, 3.63) is 24.6 Å². The second-order valence-corrected chi connectivity index (χ2v) is 4.27. The lowest BCUT2D eigenvalue weighted by Gasteiger charge is -2.10. The lowest BCUT2D eigenvalue weighted by atomic mass is 10.1. The minimum absolute atomic E-state index is 0.741. The quantitative estimate of drug-likeness (QED) is 0.823. The number of aromatic nitrogens is 1. The van der Waals surface area contributed by atoms with Crippen molar-refractivity contribution in [3.63, 3.8) is 0 Å². The van der Waals surface area contributed by atoms with Crippen LogP contribution in [-0.2, 0) is 0 Å². The molecule has 2 N–H and O–H groups in total. The van der Waals surface area contributed by atoms with Gasteiger partial charge in [0, 0.05) is 18.3 Å². The van der Waals surface area contributed by atoms with Gasteiger partial charge in [0.1, 0.15) is 5.52 Å². The normalized spacial score (nSPS) is 20.4. The molecule has 4 nitrogen and oxygen atoms in total. The van der Waals surface area contributed by atoms with Crippen molar-refractivity contribution in [1.29, 1.82) is 0 Å². The molecule has 0 radical (unpaired) electrons. The Morgan fingerprint density at radius 3 is 3.38 bits per heavy atom. The molecule has 1 fully saturated rings. The van der Waals surface area contributed by atoms with Crippen LogP contribution in [0.25, 0.3) is 11.1 Å². The minimum Gasteiger partial charge on any atom is -0.443 e. The molecule has 0 aliphatic carbocycles. The average Bonchev–Trinajstić information content (AvgIpc) is 2.97. The van der Waals surface area contributed by atoms with Crippen molar-refractivity contribution in [2.24, 2.45) is 5.92 Å².